The van der Waals surface area contributed by atoms with Crippen molar-refractivity contribution in [3.63, 3.8) is 0 Å². The summed E-state index contributed by atoms with van der Waals surface area (Å²) in [5, 5.41) is 0. The van der Waals surface area contributed by atoms with Gasteiger partial charge >= 0.3 is 0 Å². The van der Waals surface area contributed by atoms with Gasteiger partial charge in [0.15, 0.2) is 5.78 Å². The van der Waals surface area contributed by atoms with Crippen LogP contribution in [0.25, 0.3) is 0 Å². The van der Waals surface area contributed by atoms with Crippen LogP contribution in [0.2, 0.25) is 0 Å². The van der Waals surface area contributed by atoms with Gasteiger partial charge in [0.25, 0.3) is 0 Å². The van der Waals surface area contributed by atoms with E-state index in [1.165, 1.54) is 37.7 Å². The molecule has 6 spiro atoms. The molecular weight excluding hydrogens is 1160 g/mol. The zero-order valence-corrected chi connectivity index (χ0v) is 48.6. The molecule has 0 N–H and O–H groups in total. The summed E-state index contributed by atoms with van der Waals surface area (Å²) >= 11 is 0. The van der Waals surface area contributed by atoms with E-state index in [1.807, 2.05) is 0 Å². The average molecular weight is 1240 g/mol. The minimum Gasteiger partial charge on any atom is -0.498 e. The van der Waals surface area contributed by atoms with Crippen LogP contribution in [0.15, 0.2) is 61.3 Å². The van der Waals surface area contributed by atoms with Gasteiger partial charge in [-0.3, -0.25) is 23.7 Å². The minimum atomic E-state index is -0.0168. The molecule has 12 fully saturated rings. The number of carbonyl (C=O) groups is 2. The molecule has 4 heterocycles. The van der Waals surface area contributed by atoms with Crippen molar-refractivity contribution in [2.24, 2.45) is 87.3 Å². The van der Waals surface area contributed by atoms with E-state index < -0.39 is 0 Å². The Kier molecular flexibility index (Phi) is 43.0. The fourth-order valence-electron chi connectivity index (χ4n) is 14.0. The molecule has 82 heavy (non-hydrogen) atoms. The number of ketones is 2. The molecule has 6 nitrogen and oxygen atoms in total. The Labute approximate surface area is 468 Å². The Hall–Kier alpha value is -4.07. The van der Waals surface area contributed by atoms with E-state index in [0.29, 0.717) is 54.3 Å². The Morgan fingerprint density at radius 3 is 0.841 bits per heavy atom. The number of ether oxygens (including phenoxy) is 4. The van der Waals surface area contributed by atoms with Gasteiger partial charge in [-0.15, -0.1) is 0 Å². The maximum Gasteiger partial charge on any atom is 0.161 e. The third-order valence-corrected chi connectivity index (χ3v) is 21.0. The van der Waals surface area contributed by atoms with Gasteiger partial charge in [0, 0.05) is 149 Å². The molecule has 12 rings (SSSR count). The van der Waals surface area contributed by atoms with Crippen molar-refractivity contribution in [2.45, 2.75) is 171 Å². The van der Waals surface area contributed by atoms with E-state index in [9.17, 15) is 9.59 Å². The van der Waals surface area contributed by atoms with E-state index in [1.54, 1.807) is 0 Å². The summed E-state index contributed by atoms with van der Waals surface area (Å²) in [6.45, 7) is 47.9. The first-order chi connectivity index (χ1) is 37.4. The molecule has 490 valence electrons. The van der Waals surface area contributed by atoms with Crippen LogP contribution in [0.3, 0.4) is 0 Å². The number of Topliss-reactive ketones (excluding diaryl/α,β-unsaturated/α-hetero) is 2. The van der Waals surface area contributed by atoms with Crippen molar-refractivity contribution in [1.82, 2.24) is 0 Å². The third kappa shape index (κ3) is 19.0. The van der Waals surface area contributed by atoms with Gasteiger partial charge in [-0.25, -0.2) is 0 Å². The van der Waals surface area contributed by atoms with Crippen molar-refractivity contribution in [1.29, 1.82) is 0 Å². The minimum absolute atomic E-state index is 0. The molecule has 4 aliphatic heterocycles. The van der Waals surface area contributed by atoms with Crippen LogP contribution in [-0.2, 0) is 28.5 Å². The number of hydrogen-bond acceptors (Lipinski definition) is 6. The summed E-state index contributed by atoms with van der Waals surface area (Å²) in [5.74, 6) is 12.8. The first kappa shape index (κ1) is 89.1. The molecule has 4 saturated heterocycles. The lowest BCUT2D eigenvalue weighted by Crippen LogP contribution is -2.10. The fourth-order valence-corrected chi connectivity index (χ4v) is 14.0. The summed E-state index contributed by atoms with van der Waals surface area (Å²) in [5.41, 5.74) is 4.39. The van der Waals surface area contributed by atoms with Crippen LogP contribution in [0, 0.1) is 87.3 Å². The predicted molar refractivity (Wildman–Crippen MR) is 273 cm³/mol. The second-order valence-corrected chi connectivity index (χ2v) is 23.1. The molecule has 27 heteroatoms. The van der Waals surface area contributed by atoms with E-state index >= 15 is 0 Å². The topological polar surface area (TPSA) is 71.1 Å². The van der Waals surface area contributed by atoms with Crippen LogP contribution < -0.4 is 0 Å². The predicted octanol–water partition coefficient (Wildman–Crippen LogP) is 21.1. The fraction of sp³-hybridized carbons (Fsp3) is 0.782. The summed E-state index contributed by atoms with van der Waals surface area (Å²) < 4.78 is 166. The highest BCUT2D eigenvalue weighted by molar-refractivity contribution is 5.93. The molecule has 12 aliphatic rings. The van der Waals surface area contributed by atoms with E-state index in [0.717, 1.165) is 108 Å². The SMILES string of the molecule is C=C1CC(=O)C2(C1)C(C)C2C.C=C1CC2(CO1)C(C)C2C.C=C1CCC2(C1)C(C)C2C.C=C1CCC2(O1)C(C)C2C.C=C1CCC2(O1)C(C)C2C.CC1C(C)C12CC(=O)CO2.F.F.F.FF.FF.FF.FF.FF.FF.FF.FF.FF. The highest BCUT2D eigenvalue weighted by atomic mass is 20.0. The first-order valence-corrected chi connectivity index (χ1v) is 25.8. The Morgan fingerprint density at radius 1 is 0.378 bits per heavy atom. The van der Waals surface area contributed by atoms with Crippen LogP contribution in [0.1, 0.15) is 154 Å². The van der Waals surface area contributed by atoms with Crippen LogP contribution >= 0.6 is 0 Å². The van der Waals surface area contributed by atoms with Gasteiger partial charge in [0.05, 0.1) is 29.5 Å². The molecule has 0 amide bonds. The maximum absolute atomic E-state index is 11.5. The van der Waals surface area contributed by atoms with E-state index in [4.69, 9.17) is 101 Å². The van der Waals surface area contributed by atoms with Crippen molar-refractivity contribution < 1.29 is 125 Å². The number of carbonyl (C=O) groups excluding carboxylic acids is 2. The van der Waals surface area contributed by atoms with Crippen molar-refractivity contribution in [3.8, 4) is 0 Å². The second-order valence-electron chi connectivity index (χ2n) is 23.1. The smallest absolute Gasteiger partial charge is 0.161 e. The Balaban J connectivity index is -0.000000199. The van der Waals surface area contributed by atoms with Gasteiger partial charge in [-0.1, -0.05) is 127 Å². The average Bonchev–Trinajstić information content (AvgIpc) is 4.22. The van der Waals surface area contributed by atoms with Crippen molar-refractivity contribution in [3.05, 3.63) is 61.3 Å². The van der Waals surface area contributed by atoms with Crippen LogP contribution in [0.4, 0.5) is 96.4 Å². The molecule has 12 unspecified atom stereocenters. The molecule has 0 aromatic rings. The number of allylic oxidation sites excluding steroid dienone is 5. The third-order valence-electron chi connectivity index (χ3n) is 21.0. The van der Waals surface area contributed by atoms with Crippen molar-refractivity contribution in [2.75, 3.05) is 13.2 Å². The highest BCUT2D eigenvalue weighted by Crippen LogP contribution is 2.69. The van der Waals surface area contributed by atoms with Gasteiger partial charge < -0.3 is 18.9 Å². The summed E-state index contributed by atoms with van der Waals surface area (Å²) in [6, 6.07) is 0. The van der Waals surface area contributed by atoms with Gasteiger partial charge in [-0.05, 0) is 91.3 Å². The summed E-state index contributed by atoms with van der Waals surface area (Å²) in [4.78, 5) is 22.4. The molecular formula is C55H87F21O6. The van der Waals surface area contributed by atoms with Crippen molar-refractivity contribution >= 4 is 11.6 Å². The van der Waals surface area contributed by atoms with E-state index in [-0.39, 0.29) is 42.1 Å². The largest absolute Gasteiger partial charge is 0.498 e. The number of hydrogen-bond donors (Lipinski definition) is 0. The quantitative estimate of drug-likeness (QED) is 0.178. The number of halogens is 21. The lowest BCUT2D eigenvalue weighted by atomic mass is 9.99. The second kappa shape index (κ2) is 39.5. The standard InChI is InChI=1S/C10H14O.C10H16.3C9H14O.C8H12O2.9F2.3FH/c1-6-4-9(11)10(5-6)7(2)8(10)3;1-7-4-5-10(6-7)8(2)9(10)3;1-6-4-9(5-10-6)7(2)8(9)3;2*1-6-4-5-9(10-6)7(2)8(9)3;1-5-6(2)8(5)3-7(9)4-10-8;9*1-2;;;/h7-8H,1,4-5H2,2-3H3;8-9H,1,4-6H2,2-3H3;3*7-8H,1,4-5H2,2-3H3;5-6H,3-4H2,1-2H3;;;;;;;;;;3*1H. The molecule has 8 saturated carbocycles. The molecule has 0 aromatic heterocycles. The number of rotatable bonds is 0. The molecule has 0 radical (unpaired) electrons. The summed E-state index contributed by atoms with van der Waals surface area (Å²) in [7, 11) is 0. The lowest BCUT2D eigenvalue weighted by Gasteiger charge is -2.08. The normalized spacial score (nSPS) is 38.9. The lowest BCUT2D eigenvalue weighted by molar-refractivity contribution is -0.122. The van der Waals surface area contributed by atoms with E-state index in [2.05, 4.69) is 116 Å². The van der Waals surface area contributed by atoms with Gasteiger partial charge in [-0.2, -0.15) is 0 Å². The zero-order valence-electron chi connectivity index (χ0n) is 48.6. The van der Waals surface area contributed by atoms with Gasteiger partial charge in [0.2, 0.25) is 0 Å². The Morgan fingerprint density at radius 2 is 0.720 bits per heavy atom. The molecule has 8 aliphatic carbocycles. The molecule has 12 atom stereocenters. The summed E-state index contributed by atoms with van der Waals surface area (Å²) in [6.07, 6.45) is 12.0. The zero-order chi connectivity index (χ0) is 63.0. The Bertz CT molecular complexity index is 1610. The molecule has 0 aromatic carbocycles. The van der Waals surface area contributed by atoms with Crippen LogP contribution in [-0.4, -0.2) is 41.6 Å². The molecule has 0 bridgehead atoms. The first-order valence-electron chi connectivity index (χ1n) is 25.8. The monoisotopic (exact) mass is 1240 g/mol. The highest BCUT2D eigenvalue weighted by Gasteiger charge is 2.67. The van der Waals surface area contributed by atoms with Gasteiger partial charge in [0.1, 0.15) is 23.6 Å². The van der Waals surface area contributed by atoms with Crippen LogP contribution in [0.5, 0.6) is 0 Å². The maximum atomic E-state index is 11.5.